The largest absolute Gasteiger partial charge is 0.467 e. The molecule has 0 spiro atoms. The number of nitrogens with zero attached hydrogens (tertiary/aromatic N) is 1. The van der Waals surface area contributed by atoms with Crippen molar-refractivity contribution in [1.29, 1.82) is 0 Å². The summed E-state index contributed by atoms with van der Waals surface area (Å²) in [6, 6.07) is 6.81. The number of hydrogen-bond acceptors (Lipinski definition) is 5. The van der Waals surface area contributed by atoms with Gasteiger partial charge in [-0.2, -0.15) is 0 Å². The van der Waals surface area contributed by atoms with Crippen molar-refractivity contribution in [3.63, 3.8) is 0 Å². The Morgan fingerprint density at radius 2 is 2.00 bits per heavy atom. The van der Waals surface area contributed by atoms with Crippen molar-refractivity contribution in [2.24, 2.45) is 4.99 Å². The van der Waals surface area contributed by atoms with Gasteiger partial charge in [-0.05, 0) is 25.0 Å². The van der Waals surface area contributed by atoms with Crippen LogP contribution in [-0.4, -0.2) is 30.7 Å². The SMILES string of the molecule is COC(=O)C(C)(C)NC(=O)NCc1cccc(CN=C=O)c1. The van der Waals surface area contributed by atoms with Crippen LogP contribution in [0, 0.1) is 0 Å². The molecule has 1 aromatic rings. The molecule has 2 amide bonds. The molecule has 1 rings (SSSR count). The van der Waals surface area contributed by atoms with Crippen molar-refractivity contribution in [2.75, 3.05) is 7.11 Å². The van der Waals surface area contributed by atoms with Crippen LogP contribution in [0.3, 0.4) is 0 Å². The van der Waals surface area contributed by atoms with E-state index in [1.165, 1.54) is 13.2 Å². The fourth-order valence-electron chi connectivity index (χ4n) is 1.78. The molecule has 1 aromatic carbocycles. The summed E-state index contributed by atoms with van der Waals surface area (Å²) in [5, 5.41) is 5.18. The standard InChI is InChI=1S/C15H19N3O4/c1-15(2,13(20)22-3)18-14(21)17-9-12-6-4-5-11(7-12)8-16-10-19/h4-7H,8-9H2,1-3H3,(H2,17,18,21). The van der Waals surface area contributed by atoms with Crippen LogP contribution in [0.5, 0.6) is 0 Å². The highest BCUT2D eigenvalue weighted by molar-refractivity contribution is 5.86. The number of rotatable bonds is 6. The Balaban J connectivity index is 2.57. The highest BCUT2D eigenvalue weighted by Crippen LogP contribution is 2.07. The third-order valence-corrected chi connectivity index (χ3v) is 2.89. The number of carbonyl (C=O) groups is 2. The molecule has 0 aliphatic carbocycles. The maximum atomic E-state index is 11.8. The van der Waals surface area contributed by atoms with Gasteiger partial charge in [0, 0.05) is 6.54 Å². The number of aliphatic imine (C=N–C) groups is 1. The first kappa shape index (κ1) is 17.4. The van der Waals surface area contributed by atoms with Gasteiger partial charge in [0.15, 0.2) is 0 Å². The zero-order valence-corrected chi connectivity index (χ0v) is 12.8. The number of amides is 2. The van der Waals surface area contributed by atoms with Gasteiger partial charge in [0.1, 0.15) is 5.54 Å². The Kier molecular flexibility index (Phi) is 6.28. The quantitative estimate of drug-likeness (QED) is 0.470. The van der Waals surface area contributed by atoms with Gasteiger partial charge in [0.05, 0.1) is 13.7 Å². The minimum Gasteiger partial charge on any atom is -0.467 e. The number of benzene rings is 1. The van der Waals surface area contributed by atoms with Crippen molar-refractivity contribution < 1.29 is 19.1 Å². The average molecular weight is 305 g/mol. The van der Waals surface area contributed by atoms with E-state index in [1.807, 2.05) is 24.3 Å². The van der Waals surface area contributed by atoms with Crippen LogP contribution in [0.2, 0.25) is 0 Å². The Labute approximate surface area is 128 Å². The second-order valence-corrected chi connectivity index (χ2v) is 5.15. The zero-order chi connectivity index (χ0) is 16.6. The van der Waals surface area contributed by atoms with Crippen LogP contribution in [0.25, 0.3) is 0 Å². The van der Waals surface area contributed by atoms with Gasteiger partial charge < -0.3 is 15.4 Å². The zero-order valence-electron chi connectivity index (χ0n) is 12.8. The van der Waals surface area contributed by atoms with E-state index in [0.29, 0.717) is 0 Å². The van der Waals surface area contributed by atoms with E-state index in [-0.39, 0.29) is 13.1 Å². The maximum Gasteiger partial charge on any atom is 0.331 e. The molecule has 0 aromatic heterocycles. The molecule has 0 heterocycles. The molecule has 0 saturated carbocycles. The van der Waals surface area contributed by atoms with Crippen LogP contribution >= 0.6 is 0 Å². The molecule has 0 aliphatic rings. The fraction of sp³-hybridized carbons (Fsp3) is 0.400. The lowest BCUT2D eigenvalue weighted by atomic mass is 10.1. The lowest BCUT2D eigenvalue weighted by Gasteiger charge is -2.23. The number of hydrogen-bond donors (Lipinski definition) is 2. The van der Waals surface area contributed by atoms with Gasteiger partial charge in [-0.1, -0.05) is 24.3 Å². The lowest BCUT2D eigenvalue weighted by molar-refractivity contribution is -0.146. The Morgan fingerprint density at radius 1 is 1.32 bits per heavy atom. The summed E-state index contributed by atoms with van der Waals surface area (Å²) in [5.41, 5.74) is 0.585. The van der Waals surface area contributed by atoms with Crippen molar-refractivity contribution in [3.8, 4) is 0 Å². The molecule has 0 bridgehead atoms. The molecule has 0 saturated heterocycles. The summed E-state index contributed by atoms with van der Waals surface area (Å²) >= 11 is 0. The van der Waals surface area contributed by atoms with Gasteiger partial charge in [0.25, 0.3) is 0 Å². The summed E-state index contributed by atoms with van der Waals surface area (Å²) in [5.74, 6) is -0.531. The van der Waals surface area contributed by atoms with E-state index < -0.39 is 17.5 Å². The molecule has 0 radical (unpaired) electrons. The highest BCUT2D eigenvalue weighted by Gasteiger charge is 2.30. The molecule has 2 N–H and O–H groups in total. The second kappa shape index (κ2) is 7.95. The monoisotopic (exact) mass is 305 g/mol. The lowest BCUT2D eigenvalue weighted by Crippen LogP contribution is -2.53. The van der Waals surface area contributed by atoms with Crippen LogP contribution in [0.1, 0.15) is 25.0 Å². The average Bonchev–Trinajstić information content (AvgIpc) is 2.50. The molecule has 22 heavy (non-hydrogen) atoms. The fourth-order valence-corrected chi connectivity index (χ4v) is 1.78. The predicted molar refractivity (Wildman–Crippen MR) is 79.7 cm³/mol. The molecule has 0 atom stereocenters. The molecular formula is C15H19N3O4. The number of ether oxygens (including phenoxy) is 1. The van der Waals surface area contributed by atoms with Gasteiger partial charge in [0.2, 0.25) is 6.08 Å². The summed E-state index contributed by atoms with van der Waals surface area (Å²) in [4.78, 5) is 36.9. The summed E-state index contributed by atoms with van der Waals surface area (Å²) in [6.45, 7) is 3.63. The number of isocyanates is 1. The highest BCUT2D eigenvalue weighted by atomic mass is 16.5. The van der Waals surface area contributed by atoms with Crippen molar-refractivity contribution in [3.05, 3.63) is 35.4 Å². The first-order valence-corrected chi connectivity index (χ1v) is 6.65. The third-order valence-electron chi connectivity index (χ3n) is 2.89. The van der Waals surface area contributed by atoms with Gasteiger partial charge in [-0.15, -0.1) is 0 Å². The van der Waals surface area contributed by atoms with E-state index in [4.69, 9.17) is 0 Å². The van der Waals surface area contributed by atoms with E-state index in [0.717, 1.165) is 11.1 Å². The van der Waals surface area contributed by atoms with E-state index in [9.17, 15) is 14.4 Å². The van der Waals surface area contributed by atoms with Crippen molar-refractivity contribution in [1.82, 2.24) is 10.6 Å². The van der Waals surface area contributed by atoms with Gasteiger partial charge in [-0.25, -0.2) is 19.4 Å². The van der Waals surface area contributed by atoms with E-state index >= 15 is 0 Å². The summed E-state index contributed by atoms with van der Waals surface area (Å²) in [7, 11) is 1.26. The number of methoxy groups -OCH3 is 1. The van der Waals surface area contributed by atoms with Gasteiger partial charge >= 0.3 is 12.0 Å². The molecule has 0 fully saturated rings. The minimum absolute atomic E-state index is 0.249. The first-order chi connectivity index (χ1) is 10.4. The molecule has 7 nitrogen and oxygen atoms in total. The summed E-state index contributed by atoms with van der Waals surface area (Å²) in [6.07, 6.45) is 1.48. The van der Waals surface area contributed by atoms with Crippen LogP contribution < -0.4 is 10.6 Å². The molecule has 0 aliphatic heterocycles. The second-order valence-electron chi connectivity index (χ2n) is 5.15. The van der Waals surface area contributed by atoms with Crippen molar-refractivity contribution in [2.45, 2.75) is 32.5 Å². The number of carbonyl (C=O) groups excluding carboxylic acids is 3. The maximum absolute atomic E-state index is 11.8. The number of nitrogens with one attached hydrogen (secondary N) is 2. The first-order valence-electron chi connectivity index (χ1n) is 6.65. The Morgan fingerprint density at radius 3 is 2.64 bits per heavy atom. The number of esters is 1. The smallest absolute Gasteiger partial charge is 0.331 e. The molecule has 118 valence electrons. The normalized spacial score (nSPS) is 10.3. The molecule has 0 unspecified atom stereocenters. The third kappa shape index (κ3) is 5.38. The number of urea groups is 1. The van der Waals surface area contributed by atoms with E-state index in [2.05, 4.69) is 20.4 Å². The molecule has 7 heteroatoms. The Bertz CT molecular complexity index is 592. The molecular weight excluding hydrogens is 286 g/mol. The van der Waals surface area contributed by atoms with Crippen LogP contribution in [0.4, 0.5) is 4.79 Å². The van der Waals surface area contributed by atoms with Crippen molar-refractivity contribution >= 4 is 18.1 Å². The van der Waals surface area contributed by atoms with Gasteiger partial charge in [-0.3, -0.25) is 0 Å². The topological polar surface area (TPSA) is 96.9 Å². The van der Waals surface area contributed by atoms with Crippen LogP contribution in [-0.2, 0) is 27.4 Å². The predicted octanol–water partition coefficient (Wildman–Crippen LogP) is 1.27. The minimum atomic E-state index is -1.11. The van der Waals surface area contributed by atoms with Crippen LogP contribution in [0.15, 0.2) is 29.3 Å². The van der Waals surface area contributed by atoms with E-state index in [1.54, 1.807) is 13.8 Å². The Hall–Kier alpha value is -2.66. The summed E-state index contributed by atoms with van der Waals surface area (Å²) < 4.78 is 4.61.